The predicted molar refractivity (Wildman–Crippen MR) is 85.4 cm³/mol. The summed E-state index contributed by atoms with van der Waals surface area (Å²) in [5, 5.41) is 5.25. The molecule has 0 saturated heterocycles. The largest absolute Gasteiger partial charge is 0.444 e. The Bertz CT molecular complexity index is 483. The van der Waals surface area contributed by atoms with Crippen molar-refractivity contribution in [3.05, 3.63) is 35.9 Å². The molecule has 2 amide bonds. The Kier molecular flexibility index (Phi) is 6.85. The van der Waals surface area contributed by atoms with Crippen molar-refractivity contribution in [2.24, 2.45) is 5.73 Å². The molecule has 22 heavy (non-hydrogen) atoms. The molecule has 0 aromatic heterocycles. The van der Waals surface area contributed by atoms with E-state index in [1.165, 1.54) is 0 Å². The third kappa shape index (κ3) is 7.64. The summed E-state index contributed by atoms with van der Waals surface area (Å²) in [6, 6.07) is 8.98. The van der Waals surface area contributed by atoms with Crippen LogP contribution in [0.5, 0.6) is 0 Å². The fourth-order valence-corrected chi connectivity index (χ4v) is 1.76. The molecule has 0 radical (unpaired) electrons. The van der Waals surface area contributed by atoms with Gasteiger partial charge < -0.3 is 21.1 Å². The smallest absolute Gasteiger partial charge is 0.407 e. The van der Waals surface area contributed by atoms with E-state index in [0.717, 1.165) is 5.56 Å². The van der Waals surface area contributed by atoms with E-state index < -0.39 is 17.7 Å². The molecule has 6 heteroatoms. The van der Waals surface area contributed by atoms with Gasteiger partial charge in [-0.3, -0.25) is 4.79 Å². The Morgan fingerprint density at radius 1 is 1.14 bits per heavy atom. The molecule has 0 fully saturated rings. The van der Waals surface area contributed by atoms with Gasteiger partial charge in [-0.15, -0.1) is 0 Å². The summed E-state index contributed by atoms with van der Waals surface area (Å²) in [6.45, 7) is 5.96. The van der Waals surface area contributed by atoms with Crippen molar-refractivity contribution < 1.29 is 14.3 Å². The number of hydrogen-bond acceptors (Lipinski definition) is 4. The molecule has 1 aromatic rings. The molecule has 0 heterocycles. The summed E-state index contributed by atoms with van der Waals surface area (Å²) in [4.78, 5) is 23.2. The molecule has 0 aliphatic rings. The van der Waals surface area contributed by atoms with Crippen LogP contribution in [0.3, 0.4) is 0 Å². The number of benzene rings is 1. The van der Waals surface area contributed by atoms with E-state index in [4.69, 9.17) is 10.5 Å². The first-order valence-electron chi connectivity index (χ1n) is 7.32. The highest BCUT2D eigenvalue weighted by Gasteiger charge is 2.16. The fourth-order valence-electron chi connectivity index (χ4n) is 1.76. The van der Waals surface area contributed by atoms with E-state index in [1.54, 1.807) is 20.8 Å². The first kappa shape index (κ1) is 18.0. The zero-order valence-corrected chi connectivity index (χ0v) is 13.4. The zero-order valence-electron chi connectivity index (χ0n) is 13.4. The second kappa shape index (κ2) is 8.38. The number of nitrogens with one attached hydrogen (secondary N) is 2. The number of hydrogen-bond donors (Lipinski definition) is 3. The highest BCUT2D eigenvalue weighted by atomic mass is 16.6. The number of nitrogens with two attached hydrogens (primary N) is 1. The number of ether oxygens (including phenoxy) is 1. The molecular formula is C16H25N3O3. The lowest BCUT2D eigenvalue weighted by atomic mass is 10.1. The average molecular weight is 307 g/mol. The predicted octanol–water partition coefficient (Wildman–Crippen LogP) is 1.20. The molecular weight excluding hydrogens is 282 g/mol. The molecule has 1 atom stereocenters. The summed E-state index contributed by atoms with van der Waals surface area (Å²) in [5.74, 6) is -0.241. The third-order valence-corrected chi connectivity index (χ3v) is 2.73. The van der Waals surface area contributed by atoms with Gasteiger partial charge >= 0.3 is 6.09 Å². The highest BCUT2D eigenvalue weighted by molar-refractivity contribution is 5.81. The van der Waals surface area contributed by atoms with Gasteiger partial charge in [0.05, 0.1) is 6.04 Å². The molecule has 0 aliphatic heterocycles. The molecule has 0 bridgehead atoms. The van der Waals surface area contributed by atoms with Gasteiger partial charge in [0, 0.05) is 13.1 Å². The van der Waals surface area contributed by atoms with Crippen LogP contribution in [-0.4, -0.2) is 36.7 Å². The van der Waals surface area contributed by atoms with E-state index in [-0.39, 0.29) is 5.91 Å². The van der Waals surface area contributed by atoms with Crippen molar-refractivity contribution >= 4 is 12.0 Å². The van der Waals surface area contributed by atoms with Gasteiger partial charge in [0.2, 0.25) is 5.91 Å². The molecule has 1 rings (SSSR count). The van der Waals surface area contributed by atoms with Crippen LogP contribution in [0.2, 0.25) is 0 Å². The van der Waals surface area contributed by atoms with Gasteiger partial charge in [-0.25, -0.2) is 4.79 Å². The van der Waals surface area contributed by atoms with Gasteiger partial charge in [-0.05, 0) is 32.8 Å². The maximum atomic E-state index is 11.8. The minimum Gasteiger partial charge on any atom is -0.444 e. The summed E-state index contributed by atoms with van der Waals surface area (Å²) >= 11 is 0. The van der Waals surface area contributed by atoms with Gasteiger partial charge in [-0.2, -0.15) is 0 Å². The van der Waals surface area contributed by atoms with Crippen LogP contribution in [0.4, 0.5) is 4.79 Å². The first-order chi connectivity index (χ1) is 10.3. The number of carbonyl (C=O) groups excluding carboxylic acids is 2. The van der Waals surface area contributed by atoms with E-state index in [0.29, 0.717) is 19.5 Å². The van der Waals surface area contributed by atoms with Crippen LogP contribution in [0.1, 0.15) is 26.3 Å². The third-order valence-electron chi connectivity index (χ3n) is 2.73. The molecule has 6 nitrogen and oxygen atoms in total. The van der Waals surface area contributed by atoms with E-state index in [1.807, 2.05) is 30.3 Å². The number of alkyl carbamates (subject to hydrolysis) is 1. The number of carbonyl (C=O) groups is 2. The SMILES string of the molecule is CC(C)(C)OC(=O)NCCNC(=O)C(N)Cc1ccccc1. The fraction of sp³-hybridized carbons (Fsp3) is 0.500. The Labute approximate surface area is 131 Å². The lowest BCUT2D eigenvalue weighted by molar-refractivity contribution is -0.122. The normalized spacial score (nSPS) is 12.4. The Balaban J connectivity index is 2.21. The molecule has 1 unspecified atom stereocenters. The van der Waals surface area contributed by atoms with Crippen LogP contribution in [0, 0.1) is 0 Å². The minimum absolute atomic E-state index is 0.241. The van der Waals surface area contributed by atoms with Crippen LogP contribution >= 0.6 is 0 Å². The van der Waals surface area contributed by atoms with Crippen molar-refractivity contribution in [3.8, 4) is 0 Å². The van der Waals surface area contributed by atoms with Gasteiger partial charge in [0.1, 0.15) is 5.60 Å². The first-order valence-corrected chi connectivity index (χ1v) is 7.32. The summed E-state index contributed by atoms with van der Waals surface area (Å²) in [5.41, 5.74) is 6.33. The van der Waals surface area contributed by atoms with Crippen LogP contribution in [-0.2, 0) is 16.0 Å². The van der Waals surface area contributed by atoms with Crippen molar-refractivity contribution in [1.82, 2.24) is 10.6 Å². The lowest BCUT2D eigenvalue weighted by Gasteiger charge is -2.19. The monoisotopic (exact) mass is 307 g/mol. The van der Waals surface area contributed by atoms with Crippen molar-refractivity contribution in [3.63, 3.8) is 0 Å². The quantitative estimate of drug-likeness (QED) is 0.688. The van der Waals surface area contributed by atoms with Crippen molar-refractivity contribution in [2.75, 3.05) is 13.1 Å². The highest BCUT2D eigenvalue weighted by Crippen LogP contribution is 2.06. The molecule has 1 aromatic carbocycles. The average Bonchev–Trinajstić information content (AvgIpc) is 2.42. The van der Waals surface area contributed by atoms with E-state index >= 15 is 0 Å². The van der Waals surface area contributed by atoms with Crippen LogP contribution in [0.15, 0.2) is 30.3 Å². The second-order valence-corrected chi connectivity index (χ2v) is 6.02. The second-order valence-electron chi connectivity index (χ2n) is 6.02. The van der Waals surface area contributed by atoms with Gasteiger partial charge in [0.25, 0.3) is 0 Å². The van der Waals surface area contributed by atoms with E-state index in [2.05, 4.69) is 10.6 Å². The van der Waals surface area contributed by atoms with Gasteiger partial charge in [-0.1, -0.05) is 30.3 Å². The lowest BCUT2D eigenvalue weighted by Crippen LogP contribution is -2.45. The minimum atomic E-state index is -0.607. The molecule has 122 valence electrons. The Morgan fingerprint density at radius 3 is 2.32 bits per heavy atom. The summed E-state index contributed by atoms with van der Waals surface area (Å²) < 4.78 is 5.08. The Hall–Kier alpha value is -2.08. The van der Waals surface area contributed by atoms with Crippen molar-refractivity contribution in [1.29, 1.82) is 0 Å². The standard InChI is InChI=1S/C16H25N3O3/c1-16(2,3)22-15(21)19-10-9-18-14(20)13(17)11-12-7-5-4-6-8-12/h4-8,13H,9-11,17H2,1-3H3,(H,18,20)(H,19,21). The maximum absolute atomic E-state index is 11.8. The van der Waals surface area contributed by atoms with Gasteiger partial charge in [0.15, 0.2) is 0 Å². The topological polar surface area (TPSA) is 93.5 Å². The van der Waals surface area contributed by atoms with Crippen molar-refractivity contribution in [2.45, 2.75) is 38.8 Å². The Morgan fingerprint density at radius 2 is 1.73 bits per heavy atom. The van der Waals surface area contributed by atoms with E-state index in [9.17, 15) is 9.59 Å². The molecule has 0 aliphatic carbocycles. The summed E-state index contributed by atoms with van der Waals surface area (Å²) in [7, 11) is 0. The zero-order chi connectivity index (χ0) is 16.6. The van der Waals surface area contributed by atoms with Crippen LogP contribution in [0.25, 0.3) is 0 Å². The molecule has 4 N–H and O–H groups in total. The molecule has 0 saturated carbocycles. The summed E-state index contributed by atoms with van der Waals surface area (Å²) in [6.07, 6.45) is -0.0260. The number of amides is 2. The maximum Gasteiger partial charge on any atom is 0.407 e. The number of rotatable bonds is 6. The molecule has 0 spiro atoms. The van der Waals surface area contributed by atoms with Crippen LogP contribution < -0.4 is 16.4 Å².